The van der Waals surface area contributed by atoms with Gasteiger partial charge in [-0.05, 0) is 49.9 Å². The molecule has 24 heavy (non-hydrogen) atoms. The molecule has 3 rings (SSSR count). The van der Waals surface area contributed by atoms with Gasteiger partial charge in [0.15, 0.2) is 0 Å². The summed E-state index contributed by atoms with van der Waals surface area (Å²) in [6.07, 6.45) is 1.47. The maximum Gasteiger partial charge on any atom is 0.339 e. The number of nitrogens with zero attached hydrogens (tertiary/aromatic N) is 3. The van der Waals surface area contributed by atoms with Crippen molar-refractivity contribution in [3.05, 3.63) is 53.7 Å². The fraction of sp³-hybridized carbons (Fsp3) is 0.176. The first kappa shape index (κ1) is 16.2. The zero-order chi connectivity index (χ0) is 16.9. The van der Waals surface area contributed by atoms with E-state index in [-0.39, 0.29) is 5.97 Å². The smallest absolute Gasteiger partial charge is 0.339 e. The predicted molar refractivity (Wildman–Crippen MR) is 88.8 cm³/mol. The summed E-state index contributed by atoms with van der Waals surface area (Å²) in [5.74, 6) is 0.0710. The molecule has 0 aliphatic carbocycles. The SMILES string of the molecule is CCOC(=O)c1ccc(Sc2nnc(-c3ccc(C)cc3)o2)nc1. The second-order valence-electron chi connectivity index (χ2n) is 4.95. The minimum absolute atomic E-state index is 0.332. The molecule has 0 fully saturated rings. The van der Waals surface area contributed by atoms with Gasteiger partial charge >= 0.3 is 5.97 Å². The lowest BCUT2D eigenvalue weighted by Crippen LogP contribution is -2.04. The summed E-state index contributed by atoms with van der Waals surface area (Å²) in [6.45, 7) is 4.11. The Kier molecular flexibility index (Phi) is 4.90. The number of aryl methyl sites for hydroxylation is 1. The van der Waals surface area contributed by atoms with Crippen LogP contribution in [0.25, 0.3) is 11.5 Å². The first-order chi connectivity index (χ1) is 11.7. The molecule has 7 heteroatoms. The minimum Gasteiger partial charge on any atom is -0.462 e. The maximum absolute atomic E-state index is 11.6. The van der Waals surface area contributed by atoms with E-state index in [1.807, 2.05) is 31.2 Å². The molecule has 2 aromatic heterocycles. The number of carbonyl (C=O) groups excluding carboxylic acids is 1. The molecule has 0 spiro atoms. The Morgan fingerprint density at radius 3 is 2.62 bits per heavy atom. The number of hydrogen-bond acceptors (Lipinski definition) is 7. The number of esters is 1. The van der Waals surface area contributed by atoms with Gasteiger partial charge in [0, 0.05) is 11.8 Å². The highest BCUT2D eigenvalue weighted by molar-refractivity contribution is 7.99. The van der Waals surface area contributed by atoms with Crippen molar-refractivity contribution in [1.29, 1.82) is 0 Å². The van der Waals surface area contributed by atoms with Crippen molar-refractivity contribution in [3.63, 3.8) is 0 Å². The summed E-state index contributed by atoms with van der Waals surface area (Å²) < 4.78 is 10.6. The van der Waals surface area contributed by atoms with E-state index < -0.39 is 0 Å². The number of ether oxygens (including phenoxy) is 1. The third kappa shape index (κ3) is 3.80. The van der Waals surface area contributed by atoms with E-state index >= 15 is 0 Å². The molecule has 6 nitrogen and oxygen atoms in total. The molecule has 0 unspecified atom stereocenters. The topological polar surface area (TPSA) is 78.1 Å². The minimum atomic E-state index is -0.388. The van der Waals surface area contributed by atoms with E-state index in [0.29, 0.717) is 28.3 Å². The number of benzene rings is 1. The van der Waals surface area contributed by atoms with Crippen LogP contribution in [0.4, 0.5) is 0 Å². The molecule has 0 aliphatic rings. The first-order valence-electron chi connectivity index (χ1n) is 7.37. The van der Waals surface area contributed by atoms with Gasteiger partial charge in [-0.15, -0.1) is 10.2 Å². The molecule has 0 atom stereocenters. The quantitative estimate of drug-likeness (QED) is 0.654. The fourth-order valence-corrected chi connectivity index (χ4v) is 2.55. The Morgan fingerprint density at radius 1 is 1.17 bits per heavy atom. The molecule has 0 N–H and O–H groups in total. The second-order valence-corrected chi connectivity index (χ2v) is 5.92. The van der Waals surface area contributed by atoms with Crippen LogP contribution in [-0.4, -0.2) is 27.8 Å². The van der Waals surface area contributed by atoms with Crippen LogP contribution in [0, 0.1) is 6.92 Å². The maximum atomic E-state index is 11.6. The van der Waals surface area contributed by atoms with Crippen molar-refractivity contribution in [2.45, 2.75) is 24.1 Å². The highest BCUT2D eigenvalue weighted by atomic mass is 32.2. The molecule has 122 valence electrons. The molecule has 0 saturated carbocycles. The molecular weight excluding hydrogens is 326 g/mol. The normalized spacial score (nSPS) is 10.6. The van der Waals surface area contributed by atoms with Gasteiger partial charge in [0.1, 0.15) is 5.03 Å². The zero-order valence-electron chi connectivity index (χ0n) is 13.2. The van der Waals surface area contributed by atoms with Crippen molar-refractivity contribution >= 4 is 17.7 Å². The van der Waals surface area contributed by atoms with Crippen LogP contribution in [0.3, 0.4) is 0 Å². The molecule has 0 aliphatic heterocycles. The number of pyridine rings is 1. The molecule has 3 aromatic rings. The number of rotatable bonds is 5. The highest BCUT2D eigenvalue weighted by Gasteiger charge is 2.12. The van der Waals surface area contributed by atoms with Gasteiger partial charge in [-0.3, -0.25) is 0 Å². The summed E-state index contributed by atoms with van der Waals surface area (Å²) in [7, 11) is 0. The molecular formula is C17H15N3O3S. The van der Waals surface area contributed by atoms with Gasteiger partial charge < -0.3 is 9.15 Å². The Hall–Kier alpha value is -2.67. The lowest BCUT2D eigenvalue weighted by Gasteiger charge is -2.01. The Morgan fingerprint density at radius 2 is 1.96 bits per heavy atom. The fourth-order valence-electron chi connectivity index (χ4n) is 1.93. The van der Waals surface area contributed by atoms with Crippen molar-refractivity contribution in [3.8, 4) is 11.5 Å². The third-order valence-electron chi connectivity index (χ3n) is 3.14. The standard InChI is InChI=1S/C17H15N3O3S/c1-3-22-16(21)13-8-9-14(18-10-13)24-17-20-19-15(23-17)12-6-4-11(2)5-7-12/h4-10H,3H2,1-2H3. The summed E-state index contributed by atoms with van der Waals surface area (Å²) in [6, 6.07) is 11.2. The largest absolute Gasteiger partial charge is 0.462 e. The third-order valence-corrected chi connectivity index (χ3v) is 3.93. The van der Waals surface area contributed by atoms with Crippen LogP contribution in [0.2, 0.25) is 0 Å². The zero-order valence-corrected chi connectivity index (χ0v) is 14.0. The Bertz CT molecular complexity index is 829. The Balaban J connectivity index is 1.70. The van der Waals surface area contributed by atoms with E-state index in [1.165, 1.54) is 23.5 Å². The van der Waals surface area contributed by atoms with Gasteiger partial charge in [0.2, 0.25) is 5.89 Å². The average Bonchev–Trinajstić information content (AvgIpc) is 3.05. The molecule has 0 saturated heterocycles. The number of carbonyl (C=O) groups is 1. The summed E-state index contributed by atoms with van der Waals surface area (Å²) >= 11 is 1.24. The summed E-state index contributed by atoms with van der Waals surface area (Å²) in [5.41, 5.74) is 2.44. The monoisotopic (exact) mass is 341 g/mol. The van der Waals surface area contributed by atoms with Crippen LogP contribution in [0.1, 0.15) is 22.8 Å². The molecule has 0 radical (unpaired) electrons. The first-order valence-corrected chi connectivity index (χ1v) is 8.19. The molecule has 2 heterocycles. The van der Waals surface area contributed by atoms with Gasteiger partial charge in [-0.1, -0.05) is 17.7 Å². The van der Waals surface area contributed by atoms with E-state index in [2.05, 4.69) is 15.2 Å². The van der Waals surface area contributed by atoms with E-state index in [4.69, 9.17) is 9.15 Å². The van der Waals surface area contributed by atoms with Crippen molar-refractivity contribution in [2.24, 2.45) is 0 Å². The van der Waals surface area contributed by atoms with E-state index in [9.17, 15) is 4.79 Å². The van der Waals surface area contributed by atoms with Crippen LogP contribution in [0.5, 0.6) is 0 Å². The predicted octanol–water partition coefficient (Wildman–Crippen LogP) is 3.77. The summed E-state index contributed by atoms with van der Waals surface area (Å²) in [5, 5.41) is 9.10. The lowest BCUT2D eigenvalue weighted by molar-refractivity contribution is 0.0525. The lowest BCUT2D eigenvalue weighted by atomic mass is 10.1. The van der Waals surface area contributed by atoms with E-state index in [1.54, 1.807) is 19.1 Å². The van der Waals surface area contributed by atoms with Crippen LogP contribution < -0.4 is 0 Å². The van der Waals surface area contributed by atoms with Gasteiger partial charge in [0.05, 0.1) is 12.2 Å². The van der Waals surface area contributed by atoms with E-state index in [0.717, 1.165) is 5.56 Å². The molecule has 1 aromatic carbocycles. The number of hydrogen-bond donors (Lipinski definition) is 0. The van der Waals surface area contributed by atoms with Gasteiger partial charge in [-0.2, -0.15) is 0 Å². The van der Waals surface area contributed by atoms with Crippen molar-refractivity contribution < 1.29 is 13.9 Å². The average molecular weight is 341 g/mol. The highest BCUT2D eigenvalue weighted by Crippen LogP contribution is 2.28. The van der Waals surface area contributed by atoms with Crippen molar-refractivity contribution in [1.82, 2.24) is 15.2 Å². The number of aromatic nitrogens is 3. The van der Waals surface area contributed by atoms with Crippen LogP contribution in [-0.2, 0) is 4.74 Å². The summed E-state index contributed by atoms with van der Waals surface area (Å²) in [4.78, 5) is 15.8. The van der Waals surface area contributed by atoms with Gasteiger partial charge in [-0.25, -0.2) is 9.78 Å². The van der Waals surface area contributed by atoms with Crippen molar-refractivity contribution in [2.75, 3.05) is 6.61 Å². The molecule has 0 amide bonds. The van der Waals surface area contributed by atoms with Gasteiger partial charge in [0.25, 0.3) is 5.22 Å². The van der Waals surface area contributed by atoms with Crippen LogP contribution >= 0.6 is 11.8 Å². The molecule has 0 bridgehead atoms. The Labute approximate surface area is 143 Å². The second kappa shape index (κ2) is 7.27. The van der Waals surface area contributed by atoms with Crippen LogP contribution in [0.15, 0.2) is 57.3 Å².